The minimum absolute atomic E-state index is 0.00917. The third kappa shape index (κ3) is 4.45. The molecule has 0 unspecified atom stereocenters. The van der Waals surface area contributed by atoms with Crippen LogP contribution < -0.4 is 10.1 Å². The minimum Gasteiger partial charge on any atom is -0.497 e. The van der Waals surface area contributed by atoms with Crippen LogP contribution in [0.25, 0.3) is 17.3 Å². The number of benzene rings is 2. The van der Waals surface area contributed by atoms with Crippen molar-refractivity contribution in [1.29, 1.82) is 5.26 Å². The molecule has 2 aromatic carbocycles. The maximum Gasteiger partial charge on any atom is 0.268 e. The molecule has 0 radical (unpaired) electrons. The number of hydrogen-bond donors (Lipinski definition) is 1. The molecule has 3 aromatic rings. The van der Waals surface area contributed by atoms with E-state index in [2.05, 4.69) is 10.3 Å². The van der Waals surface area contributed by atoms with Crippen LogP contribution in [0.15, 0.2) is 54.1 Å². The van der Waals surface area contributed by atoms with Crippen molar-refractivity contribution in [2.75, 3.05) is 12.4 Å². The van der Waals surface area contributed by atoms with Crippen molar-refractivity contribution in [2.24, 2.45) is 0 Å². The van der Waals surface area contributed by atoms with Gasteiger partial charge in [-0.05, 0) is 37.6 Å². The fraction of sp³-hybridized carbons (Fsp3) is 0.136. The summed E-state index contributed by atoms with van der Waals surface area (Å²) in [5.74, 6) is 0.226. The van der Waals surface area contributed by atoms with E-state index < -0.39 is 5.91 Å². The van der Waals surface area contributed by atoms with Crippen LogP contribution in [0.2, 0.25) is 0 Å². The lowest BCUT2D eigenvalue weighted by atomic mass is 10.1. The number of ether oxygens (including phenoxy) is 1. The van der Waals surface area contributed by atoms with Gasteiger partial charge in [-0.2, -0.15) is 5.26 Å². The maximum atomic E-state index is 12.5. The Kier molecular flexibility index (Phi) is 5.87. The molecule has 28 heavy (non-hydrogen) atoms. The number of carbonyl (C=O) groups is 1. The van der Waals surface area contributed by atoms with Crippen molar-refractivity contribution in [3.05, 3.63) is 70.1 Å². The van der Waals surface area contributed by atoms with Gasteiger partial charge < -0.3 is 4.74 Å². The Bertz CT molecular complexity index is 1060. The number of nitrogens with one attached hydrogen (secondary N) is 1. The Balaban J connectivity index is 1.79. The molecule has 0 saturated carbocycles. The fourth-order valence-corrected chi connectivity index (χ4v) is 3.44. The SMILES string of the molecule is COc1ccc(/C=C(\C#N)C(=O)Nc2nc(-c3ccc(C)cc3)c(C)s2)cc1. The van der Waals surface area contributed by atoms with E-state index in [-0.39, 0.29) is 5.57 Å². The van der Waals surface area contributed by atoms with Crippen LogP contribution in [0.1, 0.15) is 16.0 Å². The van der Waals surface area contributed by atoms with Crippen LogP contribution in [0.4, 0.5) is 5.13 Å². The number of nitriles is 1. The van der Waals surface area contributed by atoms with Crippen LogP contribution in [0, 0.1) is 25.2 Å². The third-order valence-corrected chi connectivity index (χ3v) is 5.02. The van der Waals surface area contributed by atoms with Gasteiger partial charge in [-0.3, -0.25) is 10.1 Å². The molecule has 0 atom stereocenters. The molecule has 5 nitrogen and oxygen atoms in total. The van der Waals surface area contributed by atoms with Gasteiger partial charge in [-0.1, -0.05) is 42.0 Å². The van der Waals surface area contributed by atoms with E-state index in [1.807, 2.05) is 44.2 Å². The number of hydrogen-bond acceptors (Lipinski definition) is 5. The summed E-state index contributed by atoms with van der Waals surface area (Å²) in [6.45, 7) is 3.99. The summed E-state index contributed by atoms with van der Waals surface area (Å²) >= 11 is 1.38. The molecule has 0 spiro atoms. The van der Waals surface area contributed by atoms with Crippen LogP contribution in [0.3, 0.4) is 0 Å². The minimum atomic E-state index is -0.484. The summed E-state index contributed by atoms with van der Waals surface area (Å²) in [5.41, 5.74) is 3.75. The molecule has 0 aliphatic rings. The van der Waals surface area contributed by atoms with Gasteiger partial charge in [0, 0.05) is 10.4 Å². The van der Waals surface area contributed by atoms with Crippen molar-refractivity contribution >= 4 is 28.5 Å². The first kappa shape index (κ1) is 19.3. The molecule has 0 fully saturated rings. The molecule has 0 saturated heterocycles. The van der Waals surface area contributed by atoms with E-state index >= 15 is 0 Å². The third-order valence-electron chi connectivity index (χ3n) is 4.13. The first-order valence-corrected chi connectivity index (χ1v) is 9.43. The molecular formula is C22H19N3O2S. The Morgan fingerprint density at radius 1 is 1.14 bits per heavy atom. The topological polar surface area (TPSA) is 75.0 Å². The number of aryl methyl sites for hydroxylation is 2. The molecule has 0 aliphatic heterocycles. The molecule has 0 aliphatic carbocycles. The summed E-state index contributed by atoms with van der Waals surface area (Å²) in [7, 11) is 1.58. The summed E-state index contributed by atoms with van der Waals surface area (Å²) in [5, 5.41) is 12.6. The summed E-state index contributed by atoms with van der Waals surface area (Å²) in [6.07, 6.45) is 1.54. The molecule has 6 heteroatoms. The Hall–Kier alpha value is -3.43. The predicted molar refractivity (Wildman–Crippen MR) is 112 cm³/mol. The molecule has 1 aromatic heterocycles. The lowest BCUT2D eigenvalue weighted by Crippen LogP contribution is -2.13. The Morgan fingerprint density at radius 2 is 1.82 bits per heavy atom. The average Bonchev–Trinajstić information content (AvgIpc) is 3.07. The fourth-order valence-electron chi connectivity index (χ4n) is 2.61. The van der Waals surface area contributed by atoms with Gasteiger partial charge in [0.25, 0.3) is 5.91 Å². The smallest absolute Gasteiger partial charge is 0.268 e. The van der Waals surface area contributed by atoms with Gasteiger partial charge in [0.15, 0.2) is 5.13 Å². The number of anilines is 1. The second-order valence-electron chi connectivity index (χ2n) is 6.19. The first-order valence-electron chi connectivity index (χ1n) is 8.62. The number of nitrogens with zero attached hydrogens (tertiary/aromatic N) is 2. The molecule has 1 amide bonds. The van der Waals surface area contributed by atoms with Gasteiger partial charge in [0.05, 0.1) is 12.8 Å². The zero-order valence-corrected chi connectivity index (χ0v) is 16.6. The number of amides is 1. The van der Waals surface area contributed by atoms with Crippen molar-refractivity contribution < 1.29 is 9.53 Å². The van der Waals surface area contributed by atoms with Gasteiger partial charge in [0.1, 0.15) is 17.4 Å². The number of carbonyl (C=O) groups excluding carboxylic acids is 1. The van der Waals surface area contributed by atoms with Gasteiger partial charge >= 0.3 is 0 Å². The van der Waals surface area contributed by atoms with E-state index in [1.165, 1.54) is 23.0 Å². The monoisotopic (exact) mass is 389 g/mol. The van der Waals surface area contributed by atoms with Gasteiger partial charge in [-0.15, -0.1) is 11.3 Å². The number of methoxy groups -OCH3 is 1. The molecule has 1 heterocycles. The standard InChI is InChI=1S/C22H19N3O2S/c1-14-4-8-17(9-5-14)20-15(2)28-22(24-20)25-21(26)18(13-23)12-16-6-10-19(27-3)11-7-16/h4-12H,1-3H3,(H,24,25,26)/b18-12+. The molecule has 3 rings (SSSR count). The molecule has 1 N–H and O–H groups in total. The van der Waals surface area contributed by atoms with Crippen LogP contribution in [-0.2, 0) is 4.79 Å². The highest BCUT2D eigenvalue weighted by atomic mass is 32.1. The highest BCUT2D eigenvalue weighted by Gasteiger charge is 2.15. The number of rotatable bonds is 5. The van der Waals surface area contributed by atoms with Crippen LogP contribution in [0.5, 0.6) is 5.75 Å². The average molecular weight is 389 g/mol. The lowest BCUT2D eigenvalue weighted by Gasteiger charge is -2.02. The van der Waals surface area contributed by atoms with E-state index in [9.17, 15) is 10.1 Å². The zero-order chi connectivity index (χ0) is 20.1. The Morgan fingerprint density at radius 3 is 2.43 bits per heavy atom. The molecular weight excluding hydrogens is 370 g/mol. The summed E-state index contributed by atoms with van der Waals surface area (Å²) in [6, 6.07) is 17.1. The first-order chi connectivity index (χ1) is 13.5. The number of thiazole rings is 1. The van der Waals surface area contributed by atoms with E-state index in [0.717, 1.165) is 21.7 Å². The highest BCUT2D eigenvalue weighted by molar-refractivity contribution is 7.16. The summed E-state index contributed by atoms with van der Waals surface area (Å²) in [4.78, 5) is 18.0. The van der Waals surface area contributed by atoms with E-state index in [1.54, 1.807) is 31.4 Å². The van der Waals surface area contributed by atoms with Crippen molar-refractivity contribution in [2.45, 2.75) is 13.8 Å². The second kappa shape index (κ2) is 8.51. The quantitative estimate of drug-likeness (QED) is 0.493. The summed E-state index contributed by atoms with van der Waals surface area (Å²) < 4.78 is 5.11. The van der Waals surface area contributed by atoms with Gasteiger partial charge in [-0.25, -0.2) is 4.98 Å². The normalized spacial score (nSPS) is 11.0. The largest absolute Gasteiger partial charge is 0.497 e. The van der Waals surface area contributed by atoms with Crippen LogP contribution in [-0.4, -0.2) is 18.0 Å². The molecule has 0 bridgehead atoms. The molecule has 140 valence electrons. The lowest BCUT2D eigenvalue weighted by molar-refractivity contribution is -0.112. The zero-order valence-electron chi connectivity index (χ0n) is 15.8. The highest BCUT2D eigenvalue weighted by Crippen LogP contribution is 2.30. The van der Waals surface area contributed by atoms with Crippen molar-refractivity contribution in [1.82, 2.24) is 4.98 Å². The Labute approximate surface area is 167 Å². The van der Waals surface area contributed by atoms with Gasteiger partial charge in [0.2, 0.25) is 0 Å². The van der Waals surface area contributed by atoms with Crippen molar-refractivity contribution in [3.8, 4) is 23.1 Å². The van der Waals surface area contributed by atoms with Crippen LogP contribution >= 0.6 is 11.3 Å². The second-order valence-corrected chi connectivity index (χ2v) is 7.39. The predicted octanol–water partition coefficient (Wildman–Crippen LogP) is 4.98. The van der Waals surface area contributed by atoms with E-state index in [0.29, 0.717) is 10.9 Å². The number of aromatic nitrogens is 1. The van der Waals surface area contributed by atoms with E-state index in [4.69, 9.17) is 4.74 Å². The van der Waals surface area contributed by atoms with Crippen molar-refractivity contribution in [3.63, 3.8) is 0 Å². The maximum absolute atomic E-state index is 12.5.